The molecule has 2 amide bonds. The molecule has 3 heterocycles. The molecule has 0 radical (unpaired) electrons. The standard InChI is InChI=1S/C22H18F4N4O2/c1-12-5-7-27-10-18(12)28-20(31)15-6-8-29-13(2)11-30(21(32)19(15)29)14-3-4-16(17(23)9-14)22(24,25)26/h3-10,13H,11H2,1-2H3,(H,28,31)/t13-/m0/s1. The Morgan fingerprint density at radius 1 is 1.22 bits per heavy atom. The van der Waals surface area contributed by atoms with Crippen molar-refractivity contribution in [3.63, 3.8) is 0 Å². The van der Waals surface area contributed by atoms with Gasteiger partial charge in [0.05, 0.1) is 23.0 Å². The van der Waals surface area contributed by atoms with Crippen molar-refractivity contribution < 1.29 is 27.2 Å². The molecule has 0 saturated carbocycles. The highest BCUT2D eigenvalue weighted by atomic mass is 19.4. The monoisotopic (exact) mass is 446 g/mol. The Balaban J connectivity index is 1.68. The van der Waals surface area contributed by atoms with E-state index in [-0.39, 0.29) is 29.5 Å². The molecule has 1 aromatic carbocycles. The van der Waals surface area contributed by atoms with Crippen LogP contribution in [0.25, 0.3) is 0 Å². The number of nitrogens with zero attached hydrogens (tertiary/aromatic N) is 3. The van der Waals surface area contributed by atoms with Crippen molar-refractivity contribution in [3.05, 3.63) is 77.1 Å². The summed E-state index contributed by atoms with van der Waals surface area (Å²) >= 11 is 0. The average Bonchev–Trinajstić information content (AvgIpc) is 3.17. The van der Waals surface area contributed by atoms with E-state index in [0.717, 1.165) is 11.6 Å². The van der Waals surface area contributed by atoms with Gasteiger partial charge in [-0.15, -0.1) is 0 Å². The number of carbonyl (C=O) groups excluding carboxylic acids is 2. The van der Waals surface area contributed by atoms with Crippen LogP contribution in [0.15, 0.2) is 48.9 Å². The summed E-state index contributed by atoms with van der Waals surface area (Å²) in [5.41, 5.74) is 0.00647. The van der Waals surface area contributed by atoms with Gasteiger partial charge < -0.3 is 14.8 Å². The van der Waals surface area contributed by atoms with Crippen LogP contribution >= 0.6 is 0 Å². The summed E-state index contributed by atoms with van der Waals surface area (Å²) in [6.45, 7) is 3.69. The van der Waals surface area contributed by atoms with Gasteiger partial charge in [0.2, 0.25) is 0 Å². The number of halogens is 4. The molecular formula is C22H18F4N4O2. The molecule has 0 bridgehead atoms. The molecule has 32 heavy (non-hydrogen) atoms. The molecule has 0 saturated heterocycles. The Hall–Kier alpha value is -3.69. The highest BCUT2D eigenvalue weighted by Gasteiger charge is 2.37. The lowest BCUT2D eigenvalue weighted by atomic mass is 10.1. The third kappa shape index (κ3) is 3.72. The Bertz CT molecular complexity index is 1220. The van der Waals surface area contributed by atoms with Gasteiger partial charge in [-0.3, -0.25) is 14.6 Å². The fraction of sp³-hybridized carbons (Fsp3) is 0.227. The molecule has 0 aliphatic carbocycles. The molecule has 1 aliphatic rings. The lowest BCUT2D eigenvalue weighted by Gasteiger charge is -2.33. The van der Waals surface area contributed by atoms with Gasteiger partial charge in [-0.25, -0.2) is 4.39 Å². The Labute approximate surface area is 180 Å². The number of aryl methyl sites for hydroxylation is 1. The first-order valence-electron chi connectivity index (χ1n) is 9.69. The number of hydrogen-bond acceptors (Lipinski definition) is 3. The molecule has 6 nitrogen and oxygen atoms in total. The number of fused-ring (bicyclic) bond motifs is 1. The normalized spacial score (nSPS) is 16.1. The van der Waals surface area contributed by atoms with Crippen LogP contribution in [-0.2, 0) is 6.18 Å². The highest BCUT2D eigenvalue weighted by molar-refractivity contribution is 6.16. The quantitative estimate of drug-likeness (QED) is 0.587. The number of hydrogen-bond donors (Lipinski definition) is 1. The Morgan fingerprint density at radius 2 is 1.97 bits per heavy atom. The summed E-state index contributed by atoms with van der Waals surface area (Å²) in [7, 11) is 0. The molecule has 1 N–H and O–H groups in total. The molecule has 0 spiro atoms. The van der Waals surface area contributed by atoms with Crippen LogP contribution in [0.5, 0.6) is 0 Å². The van der Waals surface area contributed by atoms with E-state index in [1.54, 1.807) is 36.9 Å². The van der Waals surface area contributed by atoms with Crippen molar-refractivity contribution in [2.24, 2.45) is 0 Å². The SMILES string of the molecule is Cc1ccncc1NC(=O)c1ccn2c1C(=O)N(c1ccc(C(F)(F)F)c(F)c1)C[C@@H]2C. The molecule has 166 valence electrons. The van der Waals surface area contributed by atoms with Gasteiger partial charge in [0.15, 0.2) is 0 Å². The van der Waals surface area contributed by atoms with Gasteiger partial charge >= 0.3 is 6.18 Å². The van der Waals surface area contributed by atoms with Crippen LogP contribution in [-0.4, -0.2) is 27.9 Å². The van der Waals surface area contributed by atoms with Gasteiger partial charge in [0, 0.05) is 30.7 Å². The molecule has 4 rings (SSSR count). The molecular weight excluding hydrogens is 428 g/mol. The van der Waals surface area contributed by atoms with Crippen LogP contribution in [0.3, 0.4) is 0 Å². The van der Waals surface area contributed by atoms with E-state index in [1.165, 1.54) is 17.2 Å². The van der Waals surface area contributed by atoms with Crippen molar-refractivity contribution in [1.29, 1.82) is 0 Å². The number of alkyl halides is 3. The Kier molecular flexibility index (Phi) is 5.23. The minimum absolute atomic E-state index is 0.0192. The minimum atomic E-state index is -4.84. The molecule has 1 atom stereocenters. The zero-order chi connectivity index (χ0) is 23.2. The van der Waals surface area contributed by atoms with Crippen LogP contribution in [0, 0.1) is 12.7 Å². The van der Waals surface area contributed by atoms with E-state index in [1.807, 2.05) is 0 Å². The summed E-state index contributed by atoms with van der Waals surface area (Å²) in [4.78, 5) is 31.3. The predicted molar refractivity (Wildman–Crippen MR) is 109 cm³/mol. The van der Waals surface area contributed by atoms with Gasteiger partial charge in [-0.1, -0.05) is 0 Å². The second kappa shape index (κ2) is 7.77. The van der Waals surface area contributed by atoms with E-state index >= 15 is 0 Å². The fourth-order valence-electron chi connectivity index (χ4n) is 3.70. The molecule has 0 fully saturated rings. The smallest absolute Gasteiger partial charge is 0.338 e. The highest BCUT2D eigenvalue weighted by Crippen LogP contribution is 2.35. The number of benzene rings is 1. The number of nitrogens with one attached hydrogen (secondary N) is 1. The van der Waals surface area contributed by atoms with Crippen molar-refractivity contribution >= 4 is 23.2 Å². The maximum Gasteiger partial charge on any atom is 0.419 e. The third-order valence-corrected chi connectivity index (χ3v) is 5.39. The number of carbonyl (C=O) groups is 2. The molecule has 10 heteroatoms. The zero-order valence-electron chi connectivity index (χ0n) is 17.1. The summed E-state index contributed by atoms with van der Waals surface area (Å²) in [6, 6.07) is 5.27. The minimum Gasteiger partial charge on any atom is -0.338 e. The van der Waals surface area contributed by atoms with Crippen molar-refractivity contribution in [2.45, 2.75) is 26.1 Å². The molecule has 3 aromatic rings. The van der Waals surface area contributed by atoms with Crippen LogP contribution in [0.2, 0.25) is 0 Å². The van der Waals surface area contributed by atoms with Gasteiger partial charge in [0.1, 0.15) is 11.5 Å². The predicted octanol–water partition coefficient (Wildman–Crippen LogP) is 4.82. The third-order valence-electron chi connectivity index (χ3n) is 5.39. The van der Waals surface area contributed by atoms with Gasteiger partial charge in [-0.05, 0) is 49.7 Å². The number of aromatic nitrogens is 2. The number of amides is 2. The van der Waals surface area contributed by atoms with Crippen LogP contribution in [0.1, 0.15) is 44.9 Å². The maximum absolute atomic E-state index is 14.1. The van der Waals surface area contributed by atoms with Crippen LogP contribution < -0.4 is 10.2 Å². The number of pyridine rings is 1. The average molecular weight is 446 g/mol. The zero-order valence-corrected chi connectivity index (χ0v) is 17.1. The first kappa shape index (κ1) is 21.5. The van der Waals surface area contributed by atoms with E-state index in [4.69, 9.17) is 0 Å². The van der Waals surface area contributed by atoms with Crippen LogP contribution in [0.4, 0.5) is 28.9 Å². The van der Waals surface area contributed by atoms with Crippen molar-refractivity contribution in [3.8, 4) is 0 Å². The van der Waals surface area contributed by atoms with Crippen molar-refractivity contribution in [2.75, 3.05) is 16.8 Å². The van der Waals surface area contributed by atoms with Gasteiger partial charge in [0.25, 0.3) is 11.8 Å². The van der Waals surface area contributed by atoms with E-state index < -0.39 is 29.4 Å². The summed E-state index contributed by atoms with van der Waals surface area (Å²) in [6.07, 6.45) is -0.172. The Morgan fingerprint density at radius 3 is 2.62 bits per heavy atom. The fourth-order valence-corrected chi connectivity index (χ4v) is 3.70. The summed E-state index contributed by atoms with van der Waals surface area (Å²) < 4.78 is 54.4. The first-order chi connectivity index (χ1) is 15.1. The molecule has 1 aliphatic heterocycles. The largest absolute Gasteiger partial charge is 0.419 e. The topological polar surface area (TPSA) is 67.2 Å². The van der Waals surface area contributed by atoms with Gasteiger partial charge in [-0.2, -0.15) is 13.2 Å². The van der Waals surface area contributed by atoms with E-state index in [0.29, 0.717) is 17.8 Å². The summed E-state index contributed by atoms with van der Waals surface area (Å²) in [5, 5.41) is 2.72. The van der Waals surface area contributed by atoms with Crippen molar-refractivity contribution in [1.82, 2.24) is 9.55 Å². The lowest BCUT2D eigenvalue weighted by Crippen LogP contribution is -2.43. The van der Waals surface area contributed by atoms with E-state index in [2.05, 4.69) is 10.3 Å². The number of rotatable bonds is 3. The second-order valence-corrected chi connectivity index (χ2v) is 7.56. The maximum atomic E-state index is 14.1. The molecule has 0 unspecified atom stereocenters. The number of anilines is 2. The van der Waals surface area contributed by atoms with E-state index in [9.17, 15) is 27.2 Å². The molecule has 2 aromatic heterocycles. The first-order valence-corrected chi connectivity index (χ1v) is 9.69. The summed E-state index contributed by atoms with van der Waals surface area (Å²) in [5.74, 6) is -2.61. The second-order valence-electron chi connectivity index (χ2n) is 7.56. The lowest BCUT2D eigenvalue weighted by molar-refractivity contribution is -0.139.